The van der Waals surface area contributed by atoms with Gasteiger partial charge in [0.05, 0.1) is 49.0 Å². The first-order valence-electron chi connectivity index (χ1n) is 11.8. The van der Waals surface area contributed by atoms with Crippen LogP contribution in [0.15, 0.2) is 12.1 Å². The Hall–Kier alpha value is -2.06. The van der Waals surface area contributed by atoms with Gasteiger partial charge in [0.15, 0.2) is 17.8 Å². The molecule has 2 fully saturated rings. The van der Waals surface area contributed by atoms with Gasteiger partial charge in [-0.3, -0.25) is 10.1 Å². The first-order valence-corrected chi connectivity index (χ1v) is 11.8. The predicted molar refractivity (Wildman–Crippen MR) is 124 cm³/mol. The number of nitro groups is 1. The van der Waals surface area contributed by atoms with Crippen LogP contribution in [0.5, 0.6) is 11.5 Å². The van der Waals surface area contributed by atoms with E-state index in [2.05, 4.69) is 5.32 Å². The van der Waals surface area contributed by atoms with E-state index >= 15 is 0 Å². The van der Waals surface area contributed by atoms with Crippen molar-refractivity contribution in [1.29, 1.82) is 0 Å². The molecule has 2 aliphatic rings. The van der Waals surface area contributed by atoms with Crippen LogP contribution >= 0.6 is 0 Å². The van der Waals surface area contributed by atoms with E-state index in [0.717, 1.165) is 19.3 Å². The van der Waals surface area contributed by atoms with Crippen molar-refractivity contribution in [1.82, 2.24) is 5.32 Å². The largest absolute Gasteiger partial charge is 0.493 e. The second-order valence-electron chi connectivity index (χ2n) is 8.58. The van der Waals surface area contributed by atoms with Crippen LogP contribution in [0.3, 0.4) is 0 Å². The lowest BCUT2D eigenvalue weighted by Crippen LogP contribution is -2.63. The molecule has 0 bridgehead atoms. The molecule has 6 unspecified atom stereocenters. The SMILES string of the molecule is COc1cc(COC2CCCCO2)c([N+](=O)[O-])cc1OCCNC1C(C)OC(CO)C(OC)C1O. The van der Waals surface area contributed by atoms with Crippen LogP contribution in [0.4, 0.5) is 5.69 Å². The summed E-state index contributed by atoms with van der Waals surface area (Å²) in [7, 11) is 2.91. The third-order valence-electron chi connectivity index (χ3n) is 6.28. The van der Waals surface area contributed by atoms with E-state index in [1.165, 1.54) is 20.3 Å². The smallest absolute Gasteiger partial charge is 0.278 e. The molecule has 198 valence electrons. The van der Waals surface area contributed by atoms with Crippen molar-refractivity contribution in [2.24, 2.45) is 0 Å². The van der Waals surface area contributed by atoms with Crippen molar-refractivity contribution >= 4 is 5.69 Å². The summed E-state index contributed by atoms with van der Waals surface area (Å²) >= 11 is 0. The predicted octanol–water partition coefficient (Wildman–Crippen LogP) is 1.14. The van der Waals surface area contributed by atoms with Crippen LogP contribution in [-0.2, 0) is 25.6 Å². The number of nitrogens with one attached hydrogen (secondary N) is 1. The van der Waals surface area contributed by atoms with Gasteiger partial charge >= 0.3 is 0 Å². The number of benzene rings is 1. The first kappa shape index (κ1) is 27.5. The first-order chi connectivity index (χ1) is 16.9. The molecular formula is C23H36N2O10. The molecule has 6 atom stereocenters. The summed E-state index contributed by atoms with van der Waals surface area (Å²) in [6, 6.07) is 2.42. The van der Waals surface area contributed by atoms with E-state index < -0.39 is 29.3 Å². The maximum Gasteiger partial charge on any atom is 0.278 e. The van der Waals surface area contributed by atoms with E-state index in [1.807, 2.05) is 0 Å². The molecule has 3 N–H and O–H groups in total. The van der Waals surface area contributed by atoms with Crippen LogP contribution < -0.4 is 14.8 Å². The van der Waals surface area contributed by atoms with E-state index in [9.17, 15) is 20.3 Å². The Morgan fingerprint density at radius 2 is 2.06 bits per heavy atom. The molecule has 0 aliphatic carbocycles. The molecule has 3 rings (SSSR count). The van der Waals surface area contributed by atoms with E-state index in [-0.39, 0.29) is 43.7 Å². The van der Waals surface area contributed by atoms with E-state index in [1.54, 1.807) is 13.0 Å². The topological polar surface area (TPSA) is 151 Å². The highest BCUT2D eigenvalue weighted by Crippen LogP contribution is 2.35. The van der Waals surface area contributed by atoms with Gasteiger partial charge in [-0.1, -0.05) is 0 Å². The van der Waals surface area contributed by atoms with Crippen LogP contribution in [0.2, 0.25) is 0 Å². The van der Waals surface area contributed by atoms with Gasteiger partial charge in [-0.15, -0.1) is 0 Å². The zero-order valence-electron chi connectivity index (χ0n) is 20.4. The molecule has 0 amide bonds. The second kappa shape index (κ2) is 13.3. The molecule has 12 nitrogen and oxygen atoms in total. The molecule has 2 heterocycles. The molecule has 12 heteroatoms. The number of aliphatic hydroxyl groups is 2. The Morgan fingerprint density at radius 1 is 1.26 bits per heavy atom. The van der Waals surface area contributed by atoms with Gasteiger partial charge in [-0.25, -0.2) is 0 Å². The zero-order valence-corrected chi connectivity index (χ0v) is 20.4. The van der Waals surface area contributed by atoms with Gasteiger partial charge < -0.3 is 44.0 Å². The van der Waals surface area contributed by atoms with E-state index in [4.69, 9.17) is 28.4 Å². The Morgan fingerprint density at radius 3 is 2.69 bits per heavy atom. The number of nitrogens with zero attached hydrogens (tertiary/aromatic N) is 1. The number of hydrogen-bond donors (Lipinski definition) is 3. The normalized spacial score (nSPS) is 29.1. The molecular weight excluding hydrogens is 464 g/mol. The highest BCUT2D eigenvalue weighted by Gasteiger charge is 2.43. The molecule has 0 spiro atoms. The van der Waals surface area contributed by atoms with Crippen LogP contribution in [0.1, 0.15) is 31.7 Å². The molecule has 1 aromatic rings. The maximum atomic E-state index is 11.7. The van der Waals surface area contributed by atoms with Gasteiger partial charge in [-0.05, 0) is 32.3 Å². The fraction of sp³-hybridized carbons (Fsp3) is 0.739. The summed E-state index contributed by atoms with van der Waals surface area (Å²) in [6.45, 7) is 2.64. The summed E-state index contributed by atoms with van der Waals surface area (Å²) in [5.74, 6) is 0.570. The summed E-state index contributed by atoms with van der Waals surface area (Å²) < 4.78 is 33.5. The number of aliphatic hydroxyl groups excluding tert-OH is 2. The molecule has 1 aromatic carbocycles. The fourth-order valence-electron chi connectivity index (χ4n) is 4.43. The molecule has 35 heavy (non-hydrogen) atoms. The third kappa shape index (κ3) is 7.00. The summed E-state index contributed by atoms with van der Waals surface area (Å²) in [5.41, 5.74) is 0.235. The van der Waals surface area contributed by atoms with Gasteiger partial charge in [0.25, 0.3) is 5.69 Å². The van der Waals surface area contributed by atoms with Gasteiger partial charge in [0, 0.05) is 20.3 Å². The van der Waals surface area contributed by atoms with Gasteiger partial charge in [0.2, 0.25) is 0 Å². The third-order valence-corrected chi connectivity index (χ3v) is 6.28. The highest BCUT2D eigenvalue weighted by molar-refractivity contribution is 5.54. The highest BCUT2D eigenvalue weighted by atomic mass is 16.7. The number of ether oxygens (including phenoxy) is 6. The quantitative estimate of drug-likeness (QED) is 0.215. The average molecular weight is 501 g/mol. The maximum absolute atomic E-state index is 11.7. The van der Waals surface area contributed by atoms with Crippen molar-refractivity contribution in [3.63, 3.8) is 0 Å². The average Bonchev–Trinajstić information content (AvgIpc) is 2.86. The minimum absolute atomic E-state index is 0.0200. The van der Waals surface area contributed by atoms with E-state index in [0.29, 0.717) is 24.5 Å². The number of methoxy groups -OCH3 is 2. The molecule has 2 aliphatic heterocycles. The molecule has 2 saturated heterocycles. The fourth-order valence-corrected chi connectivity index (χ4v) is 4.43. The summed E-state index contributed by atoms with van der Waals surface area (Å²) in [6.07, 6.45) is -0.208. The van der Waals surface area contributed by atoms with Crippen molar-refractivity contribution in [2.45, 2.75) is 69.5 Å². The van der Waals surface area contributed by atoms with Crippen LogP contribution in [0, 0.1) is 10.1 Å². The Labute approximate surface area is 204 Å². The Balaban J connectivity index is 1.60. The van der Waals surface area contributed by atoms with Crippen molar-refractivity contribution in [2.75, 3.05) is 40.6 Å². The molecule has 0 saturated carbocycles. The number of hydrogen-bond acceptors (Lipinski definition) is 11. The Kier molecular flexibility index (Phi) is 10.5. The lowest BCUT2D eigenvalue weighted by Gasteiger charge is -2.43. The lowest BCUT2D eigenvalue weighted by molar-refractivity contribution is -0.386. The van der Waals surface area contributed by atoms with Crippen molar-refractivity contribution < 1.29 is 43.6 Å². The second-order valence-corrected chi connectivity index (χ2v) is 8.58. The minimum atomic E-state index is -0.899. The number of nitro benzene ring substituents is 1. The standard InChI is InChI=1S/C23H36N2O10/c1-14-21(22(27)23(31-3)19(12-26)35-14)24-7-9-32-18-11-16(25(28)29)15(10-17(18)30-2)13-34-20-6-4-5-8-33-20/h10-11,14,19-24,26-27H,4-9,12-13H2,1-3H3. The van der Waals surface area contributed by atoms with Crippen molar-refractivity contribution in [3.05, 3.63) is 27.8 Å². The molecule has 0 radical (unpaired) electrons. The Bertz CT molecular complexity index is 820. The van der Waals surface area contributed by atoms with Gasteiger partial charge in [0.1, 0.15) is 24.9 Å². The summed E-state index contributed by atoms with van der Waals surface area (Å²) in [5, 5.41) is 34.9. The van der Waals surface area contributed by atoms with Crippen LogP contribution in [-0.4, -0.2) is 92.5 Å². The minimum Gasteiger partial charge on any atom is -0.493 e. The number of rotatable bonds is 12. The lowest BCUT2D eigenvalue weighted by atomic mass is 9.93. The zero-order chi connectivity index (χ0) is 25.4. The molecule has 0 aromatic heterocycles. The van der Waals surface area contributed by atoms with Crippen molar-refractivity contribution in [3.8, 4) is 11.5 Å². The monoisotopic (exact) mass is 500 g/mol. The van der Waals surface area contributed by atoms with Crippen LogP contribution in [0.25, 0.3) is 0 Å². The summed E-state index contributed by atoms with van der Waals surface area (Å²) in [4.78, 5) is 11.2. The van der Waals surface area contributed by atoms with Gasteiger partial charge in [-0.2, -0.15) is 0 Å².